The number of phenolic OH excluding ortho intramolecular Hbond substituents is 1. The van der Waals surface area contributed by atoms with E-state index in [-0.39, 0.29) is 11.8 Å². The van der Waals surface area contributed by atoms with Gasteiger partial charge in [-0.2, -0.15) is 0 Å². The summed E-state index contributed by atoms with van der Waals surface area (Å²) < 4.78 is 42.2. The molecule has 192 valence electrons. The number of hydrogen-bond acceptors (Lipinski definition) is 7. The highest BCUT2D eigenvalue weighted by atomic mass is 19.4. The molecule has 1 aromatic carbocycles. The van der Waals surface area contributed by atoms with Gasteiger partial charge in [-0.3, -0.25) is 9.78 Å². The van der Waals surface area contributed by atoms with Gasteiger partial charge in [0.05, 0.1) is 22.5 Å². The average molecular weight is 503 g/mol. The Morgan fingerprint density at radius 1 is 1.17 bits per heavy atom. The van der Waals surface area contributed by atoms with Gasteiger partial charge < -0.3 is 20.1 Å². The molecule has 0 unspecified atom stereocenters. The molecule has 2 aromatic heterocycles. The number of Topliss-reactive ketones (excluding diaryl/α,β-unsaturated/α-hetero) is 1. The molecule has 2 N–H and O–H groups in total. The summed E-state index contributed by atoms with van der Waals surface area (Å²) in [5, 5.41) is 13.3. The summed E-state index contributed by atoms with van der Waals surface area (Å²) in [6.07, 6.45) is 0.632. The van der Waals surface area contributed by atoms with E-state index in [0.29, 0.717) is 39.5 Å². The molecule has 1 aliphatic carbocycles. The lowest BCUT2D eigenvalue weighted by atomic mass is 9.85. The van der Waals surface area contributed by atoms with Crippen LogP contribution in [0.15, 0.2) is 36.5 Å². The standard InChI is InChI=1S/C26H29F3N4O3/c1-15(34)19-13-30-21-10-9-20(17-6-11-22(35)23(12-17)36-26(27,28)29)32-25(21)24(19)31-18-7-4-16(5-8-18)14-33(2)3/h6,9-13,16,18,35H,4-5,7-8,14H2,1-3H3,(H,30,31)/t16-,18-. The highest BCUT2D eigenvalue weighted by molar-refractivity contribution is 6.06. The van der Waals surface area contributed by atoms with Crippen molar-refractivity contribution in [1.82, 2.24) is 14.9 Å². The molecule has 0 saturated heterocycles. The first-order valence-corrected chi connectivity index (χ1v) is 11.8. The van der Waals surface area contributed by atoms with Gasteiger partial charge in [0.2, 0.25) is 0 Å². The normalized spacial score (nSPS) is 18.4. The molecule has 0 aliphatic heterocycles. The minimum atomic E-state index is -4.95. The van der Waals surface area contributed by atoms with Crippen molar-refractivity contribution in [1.29, 1.82) is 0 Å². The number of ether oxygens (including phenoxy) is 1. The number of fused-ring (bicyclic) bond motifs is 1. The van der Waals surface area contributed by atoms with Gasteiger partial charge in [-0.15, -0.1) is 13.2 Å². The van der Waals surface area contributed by atoms with Gasteiger partial charge in [0.15, 0.2) is 17.3 Å². The SMILES string of the molecule is CC(=O)c1cnc2ccc(-c3ccc(O)c(OC(F)(F)F)c3)nc2c1N[C@H]1CC[C@H](CN(C)C)CC1. The number of carbonyl (C=O) groups excluding carboxylic acids is 1. The lowest BCUT2D eigenvalue weighted by Gasteiger charge is -2.31. The summed E-state index contributed by atoms with van der Waals surface area (Å²) in [4.78, 5) is 23.7. The number of carbonyl (C=O) groups is 1. The molecule has 1 aliphatic rings. The number of alkyl halides is 3. The van der Waals surface area contributed by atoms with Crippen LogP contribution < -0.4 is 10.1 Å². The predicted molar refractivity (Wildman–Crippen MR) is 131 cm³/mol. The van der Waals surface area contributed by atoms with Crippen molar-refractivity contribution in [3.8, 4) is 22.8 Å². The zero-order valence-corrected chi connectivity index (χ0v) is 20.4. The van der Waals surface area contributed by atoms with Crippen molar-refractivity contribution < 1.29 is 27.8 Å². The number of aromatic nitrogens is 2. The molecule has 0 bridgehead atoms. The van der Waals surface area contributed by atoms with Crippen LogP contribution in [0.4, 0.5) is 18.9 Å². The second-order valence-corrected chi connectivity index (χ2v) is 9.52. The van der Waals surface area contributed by atoms with Crippen molar-refractivity contribution in [3.63, 3.8) is 0 Å². The zero-order chi connectivity index (χ0) is 26.0. The Bertz CT molecular complexity index is 1260. The molecule has 1 fully saturated rings. The number of anilines is 1. The first-order valence-electron chi connectivity index (χ1n) is 11.8. The van der Waals surface area contributed by atoms with Crippen molar-refractivity contribution in [3.05, 3.63) is 42.1 Å². The van der Waals surface area contributed by atoms with Crippen LogP contribution in [-0.4, -0.2) is 58.8 Å². The number of phenols is 1. The molecular formula is C26H29F3N4O3. The zero-order valence-electron chi connectivity index (χ0n) is 20.4. The average Bonchev–Trinajstić information content (AvgIpc) is 2.80. The molecule has 1 saturated carbocycles. The Hall–Kier alpha value is -3.40. The van der Waals surface area contributed by atoms with Gasteiger partial charge in [-0.05, 0) is 83.0 Å². The summed E-state index contributed by atoms with van der Waals surface area (Å²) >= 11 is 0. The third-order valence-corrected chi connectivity index (χ3v) is 6.39. The molecule has 0 atom stereocenters. The van der Waals surface area contributed by atoms with E-state index in [2.05, 4.69) is 39.0 Å². The number of hydrogen-bond donors (Lipinski definition) is 2. The topological polar surface area (TPSA) is 87.6 Å². The lowest BCUT2D eigenvalue weighted by molar-refractivity contribution is -0.275. The second kappa shape index (κ2) is 10.3. The number of ketones is 1. The minimum absolute atomic E-state index is 0.161. The molecule has 3 aromatic rings. The van der Waals surface area contributed by atoms with Crippen molar-refractivity contribution in [2.45, 2.75) is 45.0 Å². The summed E-state index contributed by atoms with van der Waals surface area (Å²) in [5.74, 6) is -0.882. The van der Waals surface area contributed by atoms with Gasteiger partial charge in [0.25, 0.3) is 0 Å². The first kappa shape index (κ1) is 25.7. The third kappa shape index (κ3) is 6.04. The van der Waals surface area contributed by atoms with E-state index >= 15 is 0 Å². The number of nitrogens with zero attached hydrogens (tertiary/aromatic N) is 3. The molecule has 0 radical (unpaired) electrons. The van der Waals surface area contributed by atoms with E-state index in [9.17, 15) is 23.1 Å². The number of aromatic hydroxyl groups is 1. The summed E-state index contributed by atoms with van der Waals surface area (Å²) in [5.41, 5.74) is 2.68. The van der Waals surface area contributed by atoms with Crippen molar-refractivity contribution >= 4 is 22.5 Å². The van der Waals surface area contributed by atoms with Crippen LogP contribution in [0.1, 0.15) is 43.0 Å². The lowest BCUT2D eigenvalue weighted by Crippen LogP contribution is -2.31. The third-order valence-electron chi connectivity index (χ3n) is 6.39. The fraction of sp³-hybridized carbons (Fsp3) is 0.423. The van der Waals surface area contributed by atoms with E-state index in [1.807, 2.05) is 0 Å². The van der Waals surface area contributed by atoms with Gasteiger partial charge in [-0.1, -0.05) is 0 Å². The fourth-order valence-corrected chi connectivity index (χ4v) is 4.73. The minimum Gasteiger partial charge on any atom is -0.504 e. The number of pyridine rings is 2. The maximum absolute atomic E-state index is 12.7. The fourth-order valence-electron chi connectivity index (χ4n) is 4.73. The van der Waals surface area contributed by atoms with Gasteiger partial charge in [0, 0.05) is 24.3 Å². The monoisotopic (exact) mass is 502 g/mol. The maximum Gasteiger partial charge on any atom is 0.573 e. The number of halogens is 3. The second-order valence-electron chi connectivity index (χ2n) is 9.52. The number of nitrogens with one attached hydrogen (secondary N) is 1. The molecule has 7 nitrogen and oxygen atoms in total. The summed E-state index contributed by atoms with van der Waals surface area (Å²) in [6, 6.07) is 7.16. The molecule has 10 heteroatoms. The van der Waals surface area contributed by atoms with Crippen LogP contribution >= 0.6 is 0 Å². The van der Waals surface area contributed by atoms with Crippen LogP contribution in [-0.2, 0) is 0 Å². The van der Waals surface area contributed by atoms with Crippen molar-refractivity contribution in [2.24, 2.45) is 5.92 Å². The molecule has 0 spiro atoms. The van der Waals surface area contributed by atoms with E-state index in [4.69, 9.17) is 0 Å². The smallest absolute Gasteiger partial charge is 0.504 e. The Balaban J connectivity index is 1.69. The highest BCUT2D eigenvalue weighted by Crippen LogP contribution is 2.36. The quantitative estimate of drug-likeness (QED) is 0.405. The summed E-state index contributed by atoms with van der Waals surface area (Å²) in [6.45, 7) is 2.51. The Morgan fingerprint density at radius 3 is 2.53 bits per heavy atom. The Kier molecular flexibility index (Phi) is 7.35. The Morgan fingerprint density at radius 2 is 1.89 bits per heavy atom. The summed E-state index contributed by atoms with van der Waals surface area (Å²) in [7, 11) is 4.14. The largest absolute Gasteiger partial charge is 0.573 e. The molecule has 36 heavy (non-hydrogen) atoms. The van der Waals surface area contributed by atoms with Crippen LogP contribution in [0.25, 0.3) is 22.3 Å². The van der Waals surface area contributed by atoms with E-state index in [1.54, 1.807) is 12.1 Å². The number of rotatable bonds is 7. The first-order chi connectivity index (χ1) is 17.0. The maximum atomic E-state index is 12.7. The molecular weight excluding hydrogens is 473 g/mol. The van der Waals surface area contributed by atoms with Crippen LogP contribution in [0.5, 0.6) is 11.5 Å². The predicted octanol–water partition coefficient (Wildman–Crippen LogP) is 5.64. The van der Waals surface area contributed by atoms with Crippen LogP contribution in [0, 0.1) is 5.92 Å². The number of benzene rings is 1. The molecule has 2 heterocycles. The van der Waals surface area contributed by atoms with E-state index in [1.165, 1.54) is 19.2 Å². The van der Waals surface area contributed by atoms with E-state index < -0.39 is 17.9 Å². The van der Waals surface area contributed by atoms with Crippen LogP contribution in [0.3, 0.4) is 0 Å². The van der Waals surface area contributed by atoms with Crippen molar-refractivity contribution in [2.75, 3.05) is 26.0 Å². The van der Waals surface area contributed by atoms with Gasteiger partial charge in [0.1, 0.15) is 5.52 Å². The Labute approximate surface area is 207 Å². The van der Waals surface area contributed by atoms with Gasteiger partial charge >= 0.3 is 6.36 Å². The molecule has 4 rings (SSSR count). The highest BCUT2D eigenvalue weighted by Gasteiger charge is 2.32. The van der Waals surface area contributed by atoms with E-state index in [0.717, 1.165) is 44.4 Å². The molecule has 0 amide bonds. The van der Waals surface area contributed by atoms with Crippen LogP contribution in [0.2, 0.25) is 0 Å². The van der Waals surface area contributed by atoms with Gasteiger partial charge in [-0.25, -0.2) is 4.98 Å².